The Kier molecular flexibility index (Phi) is 3.14. The summed E-state index contributed by atoms with van der Waals surface area (Å²) < 4.78 is 13.6. The van der Waals surface area contributed by atoms with Crippen molar-refractivity contribution in [1.29, 1.82) is 0 Å². The van der Waals surface area contributed by atoms with Gasteiger partial charge in [-0.15, -0.1) is 0 Å². The van der Waals surface area contributed by atoms with Crippen molar-refractivity contribution in [3.63, 3.8) is 0 Å². The standard InChI is InChI=1S/C13H10FNO2/c14-10-6-2-1-5-9(10)12(13(16)17)11-7-3-4-8-15-11/h1-8,12H,(H,16,17)/t12-/m0/s1. The lowest BCUT2D eigenvalue weighted by atomic mass is 9.95. The van der Waals surface area contributed by atoms with Crippen molar-refractivity contribution in [2.24, 2.45) is 0 Å². The van der Waals surface area contributed by atoms with Gasteiger partial charge in [-0.05, 0) is 18.2 Å². The first-order valence-corrected chi connectivity index (χ1v) is 5.08. The van der Waals surface area contributed by atoms with Gasteiger partial charge in [0.05, 0.1) is 5.69 Å². The summed E-state index contributed by atoms with van der Waals surface area (Å²) in [5.41, 5.74) is 0.448. The monoisotopic (exact) mass is 231 g/mol. The van der Waals surface area contributed by atoms with Gasteiger partial charge in [-0.2, -0.15) is 0 Å². The predicted octanol–water partition coefficient (Wildman–Crippen LogP) is 2.44. The third-order valence-corrected chi connectivity index (χ3v) is 2.45. The van der Waals surface area contributed by atoms with Gasteiger partial charge in [0.25, 0.3) is 0 Å². The number of aromatic nitrogens is 1. The van der Waals surface area contributed by atoms with Gasteiger partial charge in [-0.1, -0.05) is 24.3 Å². The van der Waals surface area contributed by atoms with Crippen LogP contribution in [0.25, 0.3) is 0 Å². The number of aliphatic carboxylic acids is 1. The molecule has 0 aliphatic heterocycles. The third-order valence-electron chi connectivity index (χ3n) is 2.45. The molecule has 0 unspecified atom stereocenters. The van der Waals surface area contributed by atoms with Crippen LogP contribution >= 0.6 is 0 Å². The second-order valence-corrected chi connectivity index (χ2v) is 3.55. The normalized spacial score (nSPS) is 12.1. The van der Waals surface area contributed by atoms with Gasteiger partial charge in [0.15, 0.2) is 0 Å². The molecule has 2 aromatic rings. The fourth-order valence-corrected chi connectivity index (χ4v) is 1.67. The first-order valence-electron chi connectivity index (χ1n) is 5.08. The SMILES string of the molecule is O=C(O)[C@H](c1ccccn1)c1ccccc1F. The molecule has 3 nitrogen and oxygen atoms in total. The molecular weight excluding hydrogens is 221 g/mol. The van der Waals surface area contributed by atoms with Crippen molar-refractivity contribution in [3.8, 4) is 0 Å². The molecule has 1 N–H and O–H groups in total. The number of rotatable bonds is 3. The van der Waals surface area contributed by atoms with Gasteiger partial charge in [0, 0.05) is 11.8 Å². The smallest absolute Gasteiger partial charge is 0.317 e. The van der Waals surface area contributed by atoms with E-state index in [4.69, 9.17) is 0 Å². The molecule has 0 amide bonds. The number of carbonyl (C=O) groups is 1. The van der Waals surface area contributed by atoms with E-state index in [-0.39, 0.29) is 5.56 Å². The highest BCUT2D eigenvalue weighted by molar-refractivity contribution is 5.79. The van der Waals surface area contributed by atoms with E-state index in [1.54, 1.807) is 24.3 Å². The topological polar surface area (TPSA) is 50.2 Å². The Balaban J connectivity index is 2.51. The van der Waals surface area contributed by atoms with Crippen LogP contribution < -0.4 is 0 Å². The Labute approximate surface area is 97.6 Å². The lowest BCUT2D eigenvalue weighted by molar-refractivity contribution is -0.137. The second-order valence-electron chi connectivity index (χ2n) is 3.55. The molecule has 86 valence electrons. The van der Waals surface area contributed by atoms with Crippen molar-refractivity contribution in [2.45, 2.75) is 5.92 Å². The first kappa shape index (κ1) is 11.3. The highest BCUT2D eigenvalue weighted by Crippen LogP contribution is 2.25. The van der Waals surface area contributed by atoms with Crippen LogP contribution in [-0.4, -0.2) is 16.1 Å². The van der Waals surface area contributed by atoms with E-state index < -0.39 is 17.7 Å². The number of pyridine rings is 1. The zero-order chi connectivity index (χ0) is 12.3. The summed E-state index contributed by atoms with van der Waals surface area (Å²) in [5.74, 6) is -2.73. The lowest BCUT2D eigenvalue weighted by Crippen LogP contribution is -2.15. The predicted molar refractivity (Wildman–Crippen MR) is 60.1 cm³/mol. The summed E-state index contributed by atoms with van der Waals surface area (Å²) in [5, 5.41) is 9.20. The van der Waals surface area contributed by atoms with Crippen LogP contribution in [0.3, 0.4) is 0 Å². The summed E-state index contributed by atoms with van der Waals surface area (Å²) in [6, 6.07) is 10.8. The maximum absolute atomic E-state index is 13.6. The van der Waals surface area contributed by atoms with Gasteiger partial charge >= 0.3 is 5.97 Å². The molecule has 0 fully saturated rings. The fourth-order valence-electron chi connectivity index (χ4n) is 1.67. The lowest BCUT2D eigenvalue weighted by Gasteiger charge is -2.12. The molecule has 0 spiro atoms. The van der Waals surface area contributed by atoms with Crippen molar-refractivity contribution < 1.29 is 14.3 Å². The largest absolute Gasteiger partial charge is 0.480 e. The minimum absolute atomic E-state index is 0.124. The summed E-state index contributed by atoms with van der Waals surface area (Å²) in [6.07, 6.45) is 1.49. The number of nitrogens with zero attached hydrogens (tertiary/aromatic N) is 1. The molecule has 1 aromatic carbocycles. The second kappa shape index (κ2) is 4.74. The van der Waals surface area contributed by atoms with Gasteiger partial charge in [0.2, 0.25) is 0 Å². The van der Waals surface area contributed by atoms with Crippen molar-refractivity contribution >= 4 is 5.97 Å². The molecule has 0 bridgehead atoms. The van der Waals surface area contributed by atoms with E-state index in [2.05, 4.69) is 4.98 Å². The number of hydrogen-bond donors (Lipinski definition) is 1. The molecule has 0 aliphatic rings. The molecular formula is C13H10FNO2. The van der Waals surface area contributed by atoms with Crippen LogP contribution in [-0.2, 0) is 4.79 Å². The Morgan fingerprint density at radius 1 is 1.18 bits per heavy atom. The van der Waals surface area contributed by atoms with Crippen LogP contribution in [0, 0.1) is 5.82 Å². The maximum atomic E-state index is 13.6. The van der Waals surface area contributed by atoms with E-state index in [1.165, 1.54) is 24.4 Å². The van der Waals surface area contributed by atoms with Crippen LogP contribution in [0.5, 0.6) is 0 Å². The molecule has 4 heteroatoms. The van der Waals surface area contributed by atoms with Crippen LogP contribution in [0.2, 0.25) is 0 Å². The molecule has 1 aromatic heterocycles. The van der Waals surface area contributed by atoms with Crippen LogP contribution in [0.1, 0.15) is 17.2 Å². The van der Waals surface area contributed by atoms with Crippen molar-refractivity contribution in [3.05, 3.63) is 65.7 Å². The van der Waals surface area contributed by atoms with E-state index in [1.807, 2.05) is 0 Å². The van der Waals surface area contributed by atoms with E-state index in [0.29, 0.717) is 5.69 Å². The quantitative estimate of drug-likeness (QED) is 0.882. The Bertz CT molecular complexity index is 528. The molecule has 1 atom stereocenters. The first-order chi connectivity index (χ1) is 8.20. The maximum Gasteiger partial charge on any atom is 0.317 e. The molecule has 0 saturated carbocycles. The van der Waals surface area contributed by atoms with E-state index >= 15 is 0 Å². The summed E-state index contributed by atoms with van der Waals surface area (Å²) >= 11 is 0. The van der Waals surface area contributed by atoms with Crippen molar-refractivity contribution in [1.82, 2.24) is 4.98 Å². The number of carboxylic acids is 1. The highest BCUT2D eigenvalue weighted by Gasteiger charge is 2.25. The van der Waals surface area contributed by atoms with E-state index in [0.717, 1.165) is 0 Å². The molecule has 0 aliphatic carbocycles. The van der Waals surface area contributed by atoms with Gasteiger partial charge in [-0.3, -0.25) is 9.78 Å². The fraction of sp³-hybridized carbons (Fsp3) is 0.0769. The Morgan fingerprint density at radius 3 is 2.47 bits per heavy atom. The molecule has 0 radical (unpaired) electrons. The number of hydrogen-bond acceptors (Lipinski definition) is 2. The Morgan fingerprint density at radius 2 is 1.88 bits per heavy atom. The number of carboxylic acid groups (broad SMARTS) is 1. The van der Waals surface area contributed by atoms with E-state index in [9.17, 15) is 14.3 Å². The summed E-state index contributed by atoms with van der Waals surface area (Å²) in [6.45, 7) is 0. The van der Waals surface area contributed by atoms with Gasteiger partial charge in [0.1, 0.15) is 11.7 Å². The van der Waals surface area contributed by atoms with Crippen LogP contribution in [0.15, 0.2) is 48.7 Å². The minimum atomic E-state index is -1.12. The van der Waals surface area contributed by atoms with Gasteiger partial charge < -0.3 is 5.11 Å². The average Bonchev–Trinajstić information content (AvgIpc) is 2.33. The Hall–Kier alpha value is -2.23. The molecule has 1 heterocycles. The molecule has 2 rings (SSSR count). The zero-order valence-corrected chi connectivity index (χ0v) is 8.88. The number of benzene rings is 1. The summed E-state index contributed by atoms with van der Waals surface area (Å²) in [4.78, 5) is 15.2. The highest BCUT2D eigenvalue weighted by atomic mass is 19.1. The average molecular weight is 231 g/mol. The molecule has 17 heavy (non-hydrogen) atoms. The van der Waals surface area contributed by atoms with Gasteiger partial charge in [-0.25, -0.2) is 4.39 Å². The number of halogens is 1. The third kappa shape index (κ3) is 2.30. The van der Waals surface area contributed by atoms with Crippen molar-refractivity contribution in [2.75, 3.05) is 0 Å². The summed E-state index contributed by atoms with van der Waals surface area (Å²) in [7, 11) is 0. The zero-order valence-electron chi connectivity index (χ0n) is 8.88. The molecule has 0 saturated heterocycles. The minimum Gasteiger partial charge on any atom is -0.480 e. The van der Waals surface area contributed by atoms with Crippen LogP contribution in [0.4, 0.5) is 4.39 Å².